The number of benzene rings is 1. The number of carbonyl (C=O) groups excluding carboxylic acids is 1. The first-order valence-electron chi connectivity index (χ1n) is 5.04. The van der Waals surface area contributed by atoms with Gasteiger partial charge in [0.2, 0.25) is 5.96 Å². The lowest BCUT2D eigenvalue weighted by Gasteiger charge is -2.06. The van der Waals surface area contributed by atoms with Crippen LogP contribution in [0.15, 0.2) is 34.5 Å². The Morgan fingerprint density at radius 3 is 2.78 bits per heavy atom. The zero-order valence-corrected chi connectivity index (χ0v) is 9.87. The van der Waals surface area contributed by atoms with Crippen molar-refractivity contribution in [2.75, 3.05) is 13.7 Å². The molecule has 0 heterocycles. The maximum atomic E-state index is 11.0. The molecule has 1 rings (SSSR count). The van der Waals surface area contributed by atoms with Crippen LogP contribution in [0, 0.1) is 0 Å². The van der Waals surface area contributed by atoms with Crippen LogP contribution in [0.25, 0.3) is 0 Å². The molecule has 0 saturated heterocycles. The van der Waals surface area contributed by atoms with Crippen LogP contribution in [0.1, 0.15) is 5.56 Å². The molecule has 4 N–H and O–H groups in total. The first kappa shape index (κ1) is 13.5. The first-order chi connectivity index (χ1) is 8.63. The van der Waals surface area contributed by atoms with E-state index in [9.17, 15) is 4.79 Å². The third-order valence-electron chi connectivity index (χ3n) is 1.86. The van der Waals surface area contributed by atoms with Crippen LogP contribution in [-0.4, -0.2) is 31.9 Å². The molecule has 0 aliphatic rings. The molecule has 0 aliphatic heterocycles. The maximum Gasteiger partial charge on any atom is 0.343 e. The van der Waals surface area contributed by atoms with Gasteiger partial charge in [-0.2, -0.15) is 5.10 Å². The van der Waals surface area contributed by atoms with Crippen molar-refractivity contribution in [3.05, 3.63) is 29.8 Å². The fraction of sp³-hybridized carbons (Fsp3) is 0.182. The van der Waals surface area contributed by atoms with E-state index in [1.807, 2.05) is 0 Å². The van der Waals surface area contributed by atoms with E-state index in [1.165, 1.54) is 13.3 Å². The molecule has 0 atom stereocenters. The lowest BCUT2D eigenvalue weighted by molar-refractivity contribution is -0.142. The van der Waals surface area contributed by atoms with Gasteiger partial charge in [-0.05, 0) is 12.1 Å². The quantitative estimate of drug-likeness (QED) is 0.326. The highest BCUT2D eigenvalue weighted by Crippen LogP contribution is 2.15. The second kappa shape index (κ2) is 6.89. The normalized spacial score (nSPS) is 10.1. The lowest BCUT2D eigenvalue weighted by atomic mass is 10.2. The van der Waals surface area contributed by atoms with Crippen LogP contribution >= 0.6 is 0 Å². The summed E-state index contributed by atoms with van der Waals surface area (Å²) in [6, 6.07) is 7.00. The van der Waals surface area contributed by atoms with Crippen molar-refractivity contribution in [2.45, 2.75) is 0 Å². The summed E-state index contributed by atoms with van der Waals surface area (Å²) < 4.78 is 9.74. The minimum absolute atomic E-state index is 0.140. The van der Waals surface area contributed by atoms with Crippen molar-refractivity contribution < 1.29 is 14.3 Å². The number of carbonyl (C=O) groups is 1. The molecule has 1 aromatic carbocycles. The second-order valence-electron chi connectivity index (χ2n) is 3.17. The van der Waals surface area contributed by atoms with Gasteiger partial charge in [-0.25, -0.2) is 4.79 Å². The fourth-order valence-electron chi connectivity index (χ4n) is 1.07. The third kappa shape index (κ3) is 4.52. The van der Waals surface area contributed by atoms with E-state index in [1.54, 1.807) is 24.3 Å². The molecule has 0 bridgehead atoms. The number of rotatable bonds is 5. The van der Waals surface area contributed by atoms with E-state index in [-0.39, 0.29) is 12.6 Å². The Morgan fingerprint density at radius 2 is 2.11 bits per heavy atom. The Hall–Kier alpha value is -2.57. The average Bonchev–Trinajstić information content (AvgIpc) is 2.36. The number of hydrogen-bond acceptors (Lipinski definition) is 5. The maximum absolute atomic E-state index is 11.0. The zero-order valence-electron chi connectivity index (χ0n) is 9.87. The van der Waals surface area contributed by atoms with Crippen molar-refractivity contribution >= 4 is 18.1 Å². The van der Waals surface area contributed by atoms with Gasteiger partial charge in [0.15, 0.2) is 6.61 Å². The minimum atomic E-state index is -0.467. The van der Waals surface area contributed by atoms with Crippen LogP contribution in [0.2, 0.25) is 0 Å². The highest BCUT2D eigenvalue weighted by Gasteiger charge is 2.04. The molecule has 0 radical (unpaired) electrons. The highest BCUT2D eigenvalue weighted by molar-refractivity contribution is 5.84. The van der Waals surface area contributed by atoms with Gasteiger partial charge in [0.05, 0.1) is 13.3 Å². The zero-order chi connectivity index (χ0) is 13.4. The summed E-state index contributed by atoms with van der Waals surface area (Å²) >= 11 is 0. The van der Waals surface area contributed by atoms with Gasteiger partial charge >= 0.3 is 5.97 Å². The topological polar surface area (TPSA) is 112 Å². The Kier molecular flexibility index (Phi) is 5.17. The van der Waals surface area contributed by atoms with Crippen molar-refractivity contribution in [1.29, 1.82) is 0 Å². The molecule has 0 spiro atoms. The lowest BCUT2D eigenvalue weighted by Crippen LogP contribution is -2.21. The minimum Gasteiger partial charge on any atom is -0.481 e. The molecule has 96 valence electrons. The standard InChI is InChI=1S/C11H14N4O3/c1-17-10(16)7-18-9-5-3-2-4-8(9)6-14-15-11(12)13/h2-6H,7H2,1H3,(H4,12,13,15)/b14-6-. The summed E-state index contributed by atoms with van der Waals surface area (Å²) in [4.78, 5) is 11.0. The molecule has 0 fully saturated rings. The van der Waals surface area contributed by atoms with Crippen molar-refractivity contribution in [1.82, 2.24) is 0 Å². The molecule has 0 saturated carbocycles. The summed E-state index contributed by atoms with van der Waals surface area (Å²) in [7, 11) is 1.29. The van der Waals surface area contributed by atoms with Crippen LogP contribution in [0.4, 0.5) is 0 Å². The number of esters is 1. The van der Waals surface area contributed by atoms with Gasteiger partial charge in [-0.3, -0.25) is 0 Å². The van der Waals surface area contributed by atoms with E-state index >= 15 is 0 Å². The summed E-state index contributed by atoms with van der Waals surface area (Å²) in [5.41, 5.74) is 10.9. The molecular formula is C11H14N4O3. The van der Waals surface area contributed by atoms with Crippen molar-refractivity contribution in [3.63, 3.8) is 0 Å². The Morgan fingerprint density at radius 1 is 1.39 bits per heavy atom. The fourth-order valence-corrected chi connectivity index (χ4v) is 1.07. The SMILES string of the molecule is COC(=O)COc1ccccc1/C=N\N=C(N)N. The van der Waals surface area contributed by atoms with Crippen LogP contribution < -0.4 is 16.2 Å². The van der Waals surface area contributed by atoms with Gasteiger partial charge in [-0.15, -0.1) is 5.10 Å². The van der Waals surface area contributed by atoms with Crippen molar-refractivity contribution in [3.8, 4) is 5.75 Å². The number of hydrogen-bond donors (Lipinski definition) is 2. The largest absolute Gasteiger partial charge is 0.481 e. The van der Waals surface area contributed by atoms with E-state index < -0.39 is 5.97 Å². The van der Waals surface area contributed by atoms with E-state index in [2.05, 4.69) is 14.9 Å². The number of ether oxygens (including phenoxy) is 2. The summed E-state index contributed by atoms with van der Waals surface area (Å²) in [5.74, 6) is -0.123. The second-order valence-corrected chi connectivity index (χ2v) is 3.17. The number of nitrogens with zero attached hydrogens (tertiary/aromatic N) is 2. The Labute approximate surface area is 104 Å². The molecule has 0 aliphatic carbocycles. The Balaban J connectivity index is 2.76. The molecule has 0 amide bonds. The molecule has 0 aromatic heterocycles. The number of para-hydroxylation sites is 1. The molecular weight excluding hydrogens is 236 g/mol. The summed E-state index contributed by atoms with van der Waals surface area (Å²) in [5, 5.41) is 7.13. The molecule has 0 unspecified atom stereocenters. The van der Waals surface area contributed by atoms with Gasteiger partial charge in [0.1, 0.15) is 5.75 Å². The van der Waals surface area contributed by atoms with Gasteiger partial charge in [-0.1, -0.05) is 12.1 Å². The van der Waals surface area contributed by atoms with Crippen LogP contribution in [0.3, 0.4) is 0 Å². The van der Waals surface area contributed by atoms with Crippen LogP contribution in [0.5, 0.6) is 5.75 Å². The van der Waals surface area contributed by atoms with Gasteiger partial charge < -0.3 is 20.9 Å². The summed E-state index contributed by atoms with van der Waals surface area (Å²) in [6.07, 6.45) is 1.42. The third-order valence-corrected chi connectivity index (χ3v) is 1.86. The molecule has 1 aromatic rings. The predicted molar refractivity (Wildman–Crippen MR) is 67.4 cm³/mol. The summed E-state index contributed by atoms with van der Waals surface area (Å²) in [6.45, 7) is -0.177. The van der Waals surface area contributed by atoms with Crippen molar-refractivity contribution in [2.24, 2.45) is 21.7 Å². The molecule has 7 nitrogen and oxygen atoms in total. The highest BCUT2D eigenvalue weighted by atomic mass is 16.6. The van der Waals surface area contributed by atoms with Gasteiger partial charge in [0.25, 0.3) is 0 Å². The predicted octanol–water partition coefficient (Wildman–Crippen LogP) is -0.154. The molecule has 18 heavy (non-hydrogen) atoms. The van der Waals surface area contributed by atoms with E-state index in [0.29, 0.717) is 11.3 Å². The monoisotopic (exact) mass is 250 g/mol. The Bertz CT molecular complexity index is 467. The van der Waals surface area contributed by atoms with Gasteiger partial charge in [0, 0.05) is 5.56 Å². The smallest absolute Gasteiger partial charge is 0.343 e. The number of nitrogens with two attached hydrogens (primary N) is 2. The van der Waals surface area contributed by atoms with E-state index in [0.717, 1.165) is 0 Å². The van der Waals surface area contributed by atoms with Crippen LogP contribution in [-0.2, 0) is 9.53 Å². The van der Waals surface area contributed by atoms with E-state index in [4.69, 9.17) is 16.2 Å². The number of methoxy groups -OCH3 is 1. The molecule has 7 heteroatoms. The first-order valence-corrected chi connectivity index (χ1v) is 5.04. The number of guanidine groups is 1. The average molecular weight is 250 g/mol.